The molecule has 5 rings (SSSR count). The summed E-state index contributed by atoms with van der Waals surface area (Å²) < 4.78 is 19.0. The third kappa shape index (κ3) is 5.74. The monoisotopic (exact) mass is 562 g/mol. The van der Waals surface area contributed by atoms with Crippen molar-refractivity contribution in [3.05, 3.63) is 97.1 Å². The highest BCUT2D eigenvalue weighted by Gasteiger charge is 2.33. The van der Waals surface area contributed by atoms with E-state index in [2.05, 4.69) is 15.0 Å². The zero-order chi connectivity index (χ0) is 27.5. The summed E-state index contributed by atoms with van der Waals surface area (Å²) in [5, 5.41) is 1.16. The number of thiazole rings is 1. The molecule has 1 aromatic carbocycles. The van der Waals surface area contributed by atoms with E-state index in [1.807, 2.05) is 31.2 Å². The van der Waals surface area contributed by atoms with Crippen LogP contribution in [0.4, 0.5) is 0 Å². The minimum atomic E-state index is -0.705. The highest BCUT2D eigenvalue weighted by atomic mass is 32.2. The molecule has 11 heteroatoms. The number of benzene rings is 1. The van der Waals surface area contributed by atoms with E-state index in [4.69, 9.17) is 13.9 Å². The van der Waals surface area contributed by atoms with Crippen molar-refractivity contribution in [2.24, 2.45) is 4.99 Å². The number of hydrogen-bond acceptors (Lipinski definition) is 10. The molecule has 9 nitrogen and oxygen atoms in total. The van der Waals surface area contributed by atoms with Crippen LogP contribution in [-0.4, -0.2) is 33.2 Å². The second kappa shape index (κ2) is 11.4. The molecule has 0 fully saturated rings. The van der Waals surface area contributed by atoms with Gasteiger partial charge in [-0.25, -0.2) is 19.8 Å². The van der Waals surface area contributed by atoms with Crippen LogP contribution in [0.3, 0.4) is 0 Å². The third-order valence-corrected chi connectivity index (χ3v) is 7.50. The number of rotatable bonds is 8. The topological polar surface area (TPSA) is 109 Å². The van der Waals surface area contributed by atoms with Crippen molar-refractivity contribution in [3.63, 3.8) is 0 Å². The van der Waals surface area contributed by atoms with E-state index in [9.17, 15) is 9.59 Å². The Balaban J connectivity index is 1.57. The van der Waals surface area contributed by atoms with Gasteiger partial charge in [0.25, 0.3) is 5.56 Å². The average Bonchev–Trinajstić information content (AvgIpc) is 3.47. The van der Waals surface area contributed by atoms with Gasteiger partial charge in [-0.05, 0) is 75.4 Å². The van der Waals surface area contributed by atoms with Gasteiger partial charge in [0.1, 0.15) is 11.5 Å². The molecule has 39 heavy (non-hydrogen) atoms. The van der Waals surface area contributed by atoms with E-state index in [1.54, 1.807) is 62.0 Å². The van der Waals surface area contributed by atoms with E-state index >= 15 is 0 Å². The molecule has 4 aromatic rings. The quantitative estimate of drug-likeness (QED) is 0.233. The van der Waals surface area contributed by atoms with E-state index < -0.39 is 12.0 Å². The van der Waals surface area contributed by atoms with E-state index in [1.165, 1.54) is 23.1 Å². The van der Waals surface area contributed by atoms with Crippen LogP contribution in [-0.2, 0) is 9.53 Å². The first kappa shape index (κ1) is 26.6. The molecule has 0 saturated carbocycles. The number of carbonyl (C=O) groups is 1. The molecule has 0 saturated heterocycles. The number of hydrogen-bond donors (Lipinski definition) is 0. The lowest BCUT2D eigenvalue weighted by molar-refractivity contribution is -0.143. The molecule has 1 atom stereocenters. The summed E-state index contributed by atoms with van der Waals surface area (Å²) in [4.78, 5) is 40.5. The van der Waals surface area contributed by atoms with Gasteiger partial charge in [0.15, 0.2) is 15.1 Å². The first-order valence-corrected chi connectivity index (χ1v) is 14.0. The van der Waals surface area contributed by atoms with Crippen LogP contribution in [0.1, 0.15) is 45.1 Å². The third-order valence-electron chi connectivity index (χ3n) is 5.70. The van der Waals surface area contributed by atoms with E-state index in [0.717, 1.165) is 5.56 Å². The Bertz CT molecular complexity index is 1700. The number of nitrogens with zero attached hydrogens (tertiary/aromatic N) is 4. The second-order valence-corrected chi connectivity index (χ2v) is 10.8. The zero-order valence-electron chi connectivity index (χ0n) is 21.8. The van der Waals surface area contributed by atoms with Gasteiger partial charge in [-0.1, -0.05) is 23.5 Å². The van der Waals surface area contributed by atoms with Crippen LogP contribution in [0.2, 0.25) is 0 Å². The zero-order valence-corrected chi connectivity index (χ0v) is 23.4. The SMILES string of the molecule is CCOc1ccc(C2C(C(=O)OC(C)C)=C(C)N=c3s/c(=C\c4ccc(Sc5ncccn5)o4)c(=O)n32)cc1. The molecule has 0 aliphatic carbocycles. The van der Waals surface area contributed by atoms with Crippen LogP contribution in [0.25, 0.3) is 6.08 Å². The highest BCUT2D eigenvalue weighted by Crippen LogP contribution is 2.32. The average molecular weight is 563 g/mol. The largest absolute Gasteiger partial charge is 0.494 e. The summed E-state index contributed by atoms with van der Waals surface area (Å²) in [6, 6.07) is 12.0. The van der Waals surface area contributed by atoms with Gasteiger partial charge in [-0.2, -0.15) is 0 Å². The Morgan fingerprint density at radius 3 is 2.62 bits per heavy atom. The highest BCUT2D eigenvalue weighted by molar-refractivity contribution is 7.99. The standard InChI is InChI=1S/C28H26N4O5S2/c1-5-35-19-9-7-18(8-10-19)24-23(26(34)36-16(2)3)17(4)31-28-32(24)25(33)21(38-28)15-20-11-12-22(37-20)39-27-29-13-6-14-30-27/h6-16,24H,5H2,1-4H3/b21-15-. The van der Waals surface area contributed by atoms with Gasteiger partial charge in [-0.15, -0.1) is 0 Å². The lowest BCUT2D eigenvalue weighted by Crippen LogP contribution is -2.40. The maximum atomic E-state index is 13.8. The maximum absolute atomic E-state index is 13.8. The van der Waals surface area contributed by atoms with Crippen molar-refractivity contribution in [1.82, 2.24) is 14.5 Å². The molecule has 1 aliphatic rings. The minimum absolute atomic E-state index is 0.281. The van der Waals surface area contributed by atoms with Crippen LogP contribution >= 0.6 is 23.1 Å². The van der Waals surface area contributed by atoms with Crippen molar-refractivity contribution in [2.75, 3.05) is 6.61 Å². The lowest BCUT2D eigenvalue weighted by atomic mass is 9.96. The summed E-state index contributed by atoms with van der Waals surface area (Å²) in [6.07, 6.45) is 4.68. The molecule has 4 heterocycles. The Kier molecular flexibility index (Phi) is 7.80. The predicted molar refractivity (Wildman–Crippen MR) is 147 cm³/mol. The van der Waals surface area contributed by atoms with E-state index in [-0.39, 0.29) is 11.7 Å². The molecule has 200 valence electrons. The number of aromatic nitrogens is 3. The second-order valence-electron chi connectivity index (χ2n) is 8.83. The molecular formula is C28H26N4O5S2. The Hall–Kier alpha value is -3.96. The van der Waals surface area contributed by atoms with Crippen molar-refractivity contribution >= 4 is 35.1 Å². The van der Waals surface area contributed by atoms with Gasteiger partial charge in [0.2, 0.25) is 0 Å². The number of carbonyl (C=O) groups excluding carboxylic acids is 1. The predicted octanol–water partition coefficient (Wildman–Crippen LogP) is 4.12. The smallest absolute Gasteiger partial charge is 0.338 e. The molecule has 0 spiro atoms. The summed E-state index contributed by atoms with van der Waals surface area (Å²) >= 11 is 2.52. The maximum Gasteiger partial charge on any atom is 0.338 e. The van der Waals surface area contributed by atoms with E-state index in [0.29, 0.717) is 49.0 Å². The van der Waals surface area contributed by atoms with Gasteiger partial charge in [-0.3, -0.25) is 9.36 Å². The minimum Gasteiger partial charge on any atom is -0.494 e. The molecule has 0 radical (unpaired) electrons. The lowest BCUT2D eigenvalue weighted by Gasteiger charge is -2.25. The summed E-state index contributed by atoms with van der Waals surface area (Å²) in [6.45, 7) is 7.78. The van der Waals surface area contributed by atoms with Gasteiger partial charge < -0.3 is 13.9 Å². The Morgan fingerprint density at radius 1 is 1.18 bits per heavy atom. The number of ether oxygens (including phenoxy) is 2. The van der Waals surface area contributed by atoms with Crippen LogP contribution in [0.5, 0.6) is 5.75 Å². The van der Waals surface area contributed by atoms with Crippen LogP contribution < -0.4 is 19.6 Å². The first-order valence-electron chi connectivity index (χ1n) is 12.3. The van der Waals surface area contributed by atoms with Crippen molar-refractivity contribution in [3.8, 4) is 5.75 Å². The number of fused-ring (bicyclic) bond motifs is 1. The van der Waals surface area contributed by atoms with Crippen molar-refractivity contribution < 1.29 is 18.7 Å². The molecule has 1 unspecified atom stereocenters. The number of furan rings is 1. The molecule has 0 N–H and O–H groups in total. The van der Waals surface area contributed by atoms with Crippen molar-refractivity contribution in [2.45, 2.75) is 50.1 Å². The Labute approximate surface area is 232 Å². The Morgan fingerprint density at radius 2 is 1.92 bits per heavy atom. The molecule has 0 amide bonds. The first-order chi connectivity index (χ1) is 18.8. The fourth-order valence-electron chi connectivity index (χ4n) is 4.11. The van der Waals surface area contributed by atoms with Crippen LogP contribution in [0.15, 0.2) is 90.6 Å². The molecular weight excluding hydrogens is 536 g/mol. The fourth-order valence-corrected chi connectivity index (χ4v) is 5.82. The van der Waals surface area contributed by atoms with Gasteiger partial charge in [0.05, 0.1) is 34.6 Å². The van der Waals surface area contributed by atoms with Crippen molar-refractivity contribution in [1.29, 1.82) is 0 Å². The molecule has 1 aliphatic heterocycles. The number of allylic oxidation sites excluding steroid dienone is 1. The van der Waals surface area contributed by atoms with Gasteiger partial charge in [0, 0.05) is 18.5 Å². The van der Waals surface area contributed by atoms with Gasteiger partial charge >= 0.3 is 5.97 Å². The summed E-state index contributed by atoms with van der Waals surface area (Å²) in [5.41, 5.74) is 1.30. The fraction of sp³-hybridized carbons (Fsp3) is 0.250. The normalized spacial score (nSPS) is 15.3. The molecule has 3 aromatic heterocycles. The summed E-state index contributed by atoms with van der Waals surface area (Å²) in [5.74, 6) is 0.703. The van der Waals surface area contributed by atoms with Crippen LogP contribution in [0, 0.1) is 0 Å². The molecule has 0 bridgehead atoms. The summed E-state index contributed by atoms with van der Waals surface area (Å²) in [7, 11) is 0. The number of esters is 1.